The molecule has 0 amide bonds. The first-order valence-corrected chi connectivity index (χ1v) is 8.14. The molecule has 0 spiro atoms. The topological polar surface area (TPSA) is 63.3 Å². The van der Waals surface area contributed by atoms with E-state index in [1.807, 2.05) is 12.1 Å². The Hall–Kier alpha value is -1.92. The Balaban J connectivity index is 1.46. The summed E-state index contributed by atoms with van der Waals surface area (Å²) >= 11 is 0. The number of likely N-dealkylation sites (tertiary alicyclic amines) is 1. The summed E-state index contributed by atoms with van der Waals surface area (Å²) in [6.45, 7) is 5.63. The first kappa shape index (κ1) is 16.0. The summed E-state index contributed by atoms with van der Waals surface area (Å²) in [6, 6.07) is 8.27. The lowest BCUT2D eigenvalue weighted by atomic mass is 10.2. The molecule has 6 heteroatoms. The van der Waals surface area contributed by atoms with Crippen LogP contribution >= 0.6 is 0 Å². The van der Waals surface area contributed by atoms with E-state index in [-0.39, 0.29) is 6.10 Å². The lowest BCUT2D eigenvalue weighted by Gasteiger charge is -2.16. The number of H-pyrrole nitrogens is 1. The highest BCUT2D eigenvalue weighted by Gasteiger charge is 2.23. The minimum atomic E-state index is 0.279. The van der Waals surface area contributed by atoms with E-state index in [0.717, 1.165) is 49.6 Å². The minimum Gasteiger partial charge on any atom is -0.497 e. The van der Waals surface area contributed by atoms with Crippen LogP contribution in [0.15, 0.2) is 24.3 Å². The molecule has 6 nitrogen and oxygen atoms in total. The predicted molar refractivity (Wildman–Crippen MR) is 87.2 cm³/mol. The molecule has 0 radical (unpaired) electrons. The zero-order chi connectivity index (χ0) is 16.1. The van der Waals surface area contributed by atoms with E-state index in [1.165, 1.54) is 5.56 Å². The largest absolute Gasteiger partial charge is 0.497 e. The van der Waals surface area contributed by atoms with E-state index in [0.29, 0.717) is 6.61 Å². The fourth-order valence-corrected chi connectivity index (χ4v) is 2.94. The van der Waals surface area contributed by atoms with Crippen molar-refractivity contribution in [2.45, 2.75) is 39.0 Å². The van der Waals surface area contributed by atoms with E-state index in [1.54, 1.807) is 7.11 Å². The molecule has 1 fully saturated rings. The van der Waals surface area contributed by atoms with Crippen LogP contribution in [0.3, 0.4) is 0 Å². The van der Waals surface area contributed by atoms with Gasteiger partial charge in [-0.3, -0.25) is 10.00 Å². The Labute approximate surface area is 136 Å². The van der Waals surface area contributed by atoms with Gasteiger partial charge in [0, 0.05) is 19.6 Å². The summed E-state index contributed by atoms with van der Waals surface area (Å²) < 4.78 is 11.2. The first-order chi connectivity index (χ1) is 11.3. The second-order valence-corrected chi connectivity index (χ2v) is 5.90. The number of ether oxygens (including phenoxy) is 2. The number of aromatic amines is 1. The van der Waals surface area contributed by atoms with Gasteiger partial charge in [0.2, 0.25) is 0 Å². The normalized spacial score (nSPS) is 18.4. The molecule has 124 valence electrons. The van der Waals surface area contributed by atoms with Crippen molar-refractivity contribution in [1.82, 2.24) is 20.3 Å². The number of aryl methyl sites for hydroxylation is 1. The number of rotatable bonds is 7. The minimum absolute atomic E-state index is 0.279. The van der Waals surface area contributed by atoms with Crippen LogP contribution in [-0.2, 0) is 24.3 Å². The molecular weight excluding hydrogens is 292 g/mol. The number of nitrogens with zero attached hydrogens (tertiary/aromatic N) is 3. The highest BCUT2D eigenvalue weighted by Crippen LogP contribution is 2.19. The van der Waals surface area contributed by atoms with Crippen LogP contribution < -0.4 is 4.74 Å². The number of benzene rings is 1. The Morgan fingerprint density at radius 1 is 1.30 bits per heavy atom. The average Bonchev–Trinajstić information content (AvgIpc) is 3.22. The van der Waals surface area contributed by atoms with Gasteiger partial charge >= 0.3 is 0 Å². The molecule has 1 saturated heterocycles. The smallest absolute Gasteiger partial charge is 0.118 e. The van der Waals surface area contributed by atoms with Gasteiger partial charge in [-0.15, -0.1) is 5.10 Å². The summed E-state index contributed by atoms with van der Waals surface area (Å²) in [6.07, 6.45) is 2.23. The second kappa shape index (κ2) is 7.57. The molecule has 1 aliphatic rings. The molecule has 0 bridgehead atoms. The van der Waals surface area contributed by atoms with Crippen LogP contribution in [0.1, 0.15) is 30.3 Å². The lowest BCUT2D eigenvalue weighted by molar-refractivity contribution is 0.0439. The van der Waals surface area contributed by atoms with Crippen molar-refractivity contribution in [3.63, 3.8) is 0 Å². The molecule has 0 unspecified atom stereocenters. The molecule has 0 aliphatic carbocycles. The Morgan fingerprint density at radius 2 is 2.13 bits per heavy atom. The maximum Gasteiger partial charge on any atom is 0.118 e. The van der Waals surface area contributed by atoms with E-state index in [9.17, 15) is 0 Å². The molecule has 23 heavy (non-hydrogen) atoms. The number of nitrogens with one attached hydrogen (secondary N) is 1. The van der Waals surface area contributed by atoms with Gasteiger partial charge in [-0.2, -0.15) is 0 Å². The van der Waals surface area contributed by atoms with Gasteiger partial charge in [-0.25, -0.2) is 0 Å². The van der Waals surface area contributed by atoms with Gasteiger partial charge in [0.25, 0.3) is 0 Å². The predicted octanol–water partition coefficient (Wildman–Crippen LogP) is 2.17. The third kappa shape index (κ3) is 4.09. The molecule has 1 N–H and O–H groups in total. The van der Waals surface area contributed by atoms with Crippen LogP contribution in [0.4, 0.5) is 0 Å². The van der Waals surface area contributed by atoms with Gasteiger partial charge < -0.3 is 9.47 Å². The third-order valence-corrected chi connectivity index (χ3v) is 4.30. The van der Waals surface area contributed by atoms with Crippen LogP contribution in [0, 0.1) is 0 Å². The van der Waals surface area contributed by atoms with Gasteiger partial charge in [0.1, 0.15) is 5.75 Å². The van der Waals surface area contributed by atoms with Gasteiger partial charge in [-0.05, 0) is 30.5 Å². The fraction of sp³-hybridized carbons (Fsp3) is 0.529. The zero-order valence-corrected chi connectivity index (χ0v) is 13.8. The van der Waals surface area contributed by atoms with Crippen LogP contribution in [0.5, 0.6) is 5.75 Å². The summed E-state index contributed by atoms with van der Waals surface area (Å²) in [7, 11) is 1.69. The Kier molecular flexibility index (Phi) is 5.25. The van der Waals surface area contributed by atoms with Crippen molar-refractivity contribution in [2.75, 3.05) is 20.2 Å². The van der Waals surface area contributed by atoms with Crippen molar-refractivity contribution in [3.8, 4) is 5.75 Å². The molecule has 1 aliphatic heterocycles. The zero-order valence-electron chi connectivity index (χ0n) is 13.8. The summed E-state index contributed by atoms with van der Waals surface area (Å²) in [5.41, 5.74) is 3.30. The highest BCUT2D eigenvalue weighted by atomic mass is 16.5. The van der Waals surface area contributed by atoms with Gasteiger partial charge in [0.15, 0.2) is 0 Å². The van der Waals surface area contributed by atoms with Gasteiger partial charge in [-0.1, -0.05) is 24.3 Å². The second-order valence-electron chi connectivity index (χ2n) is 5.90. The SMILES string of the molecule is CCc1nn[nH]c1CO[C@H]1CCN(Cc2ccc(OC)cc2)C1. The molecule has 1 aromatic heterocycles. The highest BCUT2D eigenvalue weighted by molar-refractivity contribution is 5.27. The molecule has 1 aromatic carbocycles. The summed E-state index contributed by atoms with van der Waals surface area (Å²) in [5, 5.41) is 10.8. The van der Waals surface area contributed by atoms with Crippen molar-refractivity contribution >= 4 is 0 Å². The lowest BCUT2D eigenvalue weighted by Crippen LogP contribution is -2.23. The molecule has 0 saturated carbocycles. The number of aromatic nitrogens is 3. The first-order valence-electron chi connectivity index (χ1n) is 8.14. The monoisotopic (exact) mass is 316 g/mol. The molecule has 2 aromatic rings. The van der Waals surface area contributed by atoms with Crippen molar-refractivity contribution in [2.24, 2.45) is 0 Å². The third-order valence-electron chi connectivity index (χ3n) is 4.30. The van der Waals surface area contributed by atoms with E-state index in [2.05, 4.69) is 39.4 Å². The summed E-state index contributed by atoms with van der Waals surface area (Å²) in [5.74, 6) is 0.899. The maximum absolute atomic E-state index is 6.02. The Morgan fingerprint density at radius 3 is 2.87 bits per heavy atom. The standard InChI is InChI=1S/C17H24N4O2/c1-3-16-17(19-20-18-16)12-23-15-8-9-21(11-15)10-13-4-6-14(22-2)7-5-13/h4-7,15H,3,8-12H2,1-2H3,(H,18,19,20)/t15-/m0/s1. The van der Waals surface area contributed by atoms with E-state index in [4.69, 9.17) is 9.47 Å². The number of hydrogen-bond acceptors (Lipinski definition) is 5. The molecular formula is C17H24N4O2. The number of hydrogen-bond donors (Lipinski definition) is 1. The quantitative estimate of drug-likeness (QED) is 0.848. The van der Waals surface area contributed by atoms with E-state index < -0.39 is 0 Å². The van der Waals surface area contributed by atoms with Crippen LogP contribution in [-0.4, -0.2) is 46.6 Å². The summed E-state index contributed by atoms with van der Waals surface area (Å²) in [4.78, 5) is 2.43. The van der Waals surface area contributed by atoms with Crippen LogP contribution in [0.25, 0.3) is 0 Å². The molecule has 2 heterocycles. The molecule has 1 atom stereocenters. The van der Waals surface area contributed by atoms with E-state index >= 15 is 0 Å². The number of methoxy groups -OCH3 is 1. The van der Waals surface area contributed by atoms with Crippen molar-refractivity contribution in [3.05, 3.63) is 41.2 Å². The van der Waals surface area contributed by atoms with Crippen LogP contribution in [0.2, 0.25) is 0 Å². The molecule has 3 rings (SSSR count). The maximum atomic E-state index is 6.02. The average molecular weight is 316 g/mol. The fourth-order valence-electron chi connectivity index (χ4n) is 2.94. The van der Waals surface area contributed by atoms with Crippen molar-refractivity contribution < 1.29 is 9.47 Å². The Bertz CT molecular complexity index is 611. The van der Waals surface area contributed by atoms with Gasteiger partial charge in [0.05, 0.1) is 31.2 Å². The van der Waals surface area contributed by atoms with Crippen molar-refractivity contribution in [1.29, 1.82) is 0 Å².